The Morgan fingerprint density at radius 1 is 1.53 bits per heavy atom. The standard InChI is InChI=1S/C10H9ClN2O2/c1-7-2-3-8(15-7)5-13-6-12-9(11)4-10(13)14/h2-4,6H,5H2,1H3. The van der Waals surface area contributed by atoms with Gasteiger partial charge in [0.15, 0.2) is 0 Å². The van der Waals surface area contributed by atoms with Gasteiger partial charge in [0.05, 0.1) is 12.9 Å². The summed E-state index contributed by atoms with van der Waals surface area (Å²) in [4.78, 5) is 15.3. The zero-order chi connectivity index (χ0) is 10.8. The van der Waals surface area contributed by atoms with Crippen LogP contribution < -0.4 is 5.56 Å². The average molecular weight is 225 g/mol. The molecule has 2 aromatic rings. The van der Waals surface area contributed by atoms with Gasteiger partial charge >= 0.3 is 0 Å². The van der Waals surface area contributed by atoms with Crippen molar-refractivity contribution < 1.29 is 4.42 Å². The zero-order valence-electron chi connectivity index (χ0n) is 8.11. The van der Waals surface area contributed by atoms with Gasteiger partial charge in [0, 0.05) is 6.07 Å². The Labute approximate surface area is 91.1 Å². The van der Waals surface area contributed by atoms with E-state index in [1.165, 1.54) is 17.0 Å². The third-order valence-electron chi connectivity index (χ3n) is 1.97. The van der Waals surface area contributed by atoms with Gasteiger partial charge in [0.2, 0.25) is 0 Å². The van der Waals surface area contributed by atoms with E-state index < -0.39 is 0 Å². The lowest BCUT2D eigenvalue weighted by Gasteiger charge is -2.01. The van der Waals surface area contributed by atoms with E-state index in [0.29, 0.717) is 6.54 Å². The molecular formula is C10H9ClN2O2. The van der Waals surface area contributed by atoms with E-state index in [9.17, 15) is 4.79 Å². The van der Waals surface area contributed by atoms with E-state index in [0.717, 1.165) is 11.5 Å². The molecule has 0 saturated carbocycles. The van der Waals surface area contributed by atoms with E-state index in [1.807, 2.05) is 19.1 Å². The van der Waals surface area contributed by atoms with Crippen molar-refractivity contribution in [3.8, 4) is 0 Å². The number of nitrogens with zero attached hydrogens (tertiary/aromatic N) is 2. The van der Waals surface area contributed by atoms with E-state index in [4.69, 9.17) is 16.0 Å². The third-order valence-corrected chi connectivity index (χ3v) is 2.18. The van der Waals surface area contributed by atoms with Crippen LogP contribution in [0.2, 0.25) is 5.15 Å². The first-order chi connectivity index (χ1) is 7.15. The summed E-state index contributed by atoms with van der Waals surface area (Å²) in [5.41, 5.74) is -0.191. The van der Waals surface area contributed by atoms with E-state index in [1.54, 1.807) is 0 Å². The van der Waals surface area contributed by atoms with E-state index in [-0.39, 0.29) is 10.7 Å². The highest BCUT2D eigenvalue weighted by Crippen LogP contribution is 2.07. The van der Waals surface area contributed by atoms with Crippen molar-refractivity contribution in [2.75, 3.05) is 0 Å². The largest absolute Gasteiger partial charge is 0.464 e. The highest BCUT2D eigenvalue weighted by atomic mass is 35.5. The maximum atomic E-state index is 11.4. The summed E-state index contributed by atoms with van der Waals surface area (Å²) in [6.45, 7) is 2.23. The molecule has 2 rings (SSSR count). The Hall–Kier alpha value is -1.55. The van der Waals surface area contributed by atoms with Crippen LogP contribution in [0.25, 0.3) is 0 Å². The summed E-state index contributed by atoms with van der Waals surface area (Å²) < 4.78 is 6.79. The second-order valence-electron chi connectivity index (χ2n) is 3.19. The molecule has 0 fully saturated rings. The normalized spacial score (nSPS) is 10.5. The van der Waals surface area contributed by atoms with Crippen molar-refractivity contribution in [1.82, 2.24) is 9.55 Å². The van der Waals surface area contributed by atoms with Gasteiger partial charge in [0.25, 0.3) is 5.56 Å². The Bertz CT molecular complexity index is 530. The van der Waals surface area contributed by atoms with Gasteiger partial charge in [-0.25, -0.2) is 4.98 Å². The minimum atomic E-state index is -0.191. The first-order valence-electron chi connectivity index (χ1n) is 4.42. The molecule has 4 nitrogen and oxygen atoms in total. The van der Waals surface area contributed by atoms with Gasteiger partial charge in [-0.2, -0.15) is 0 Å². The topological polar surface area (TPSA) is 48.0 Å². The van der Waals surface area contributed by atoms with Crippen molar-refractivity contribution in [3.05, 3.63) is 51.6 Å². The monoisotopic (exact) mass is 224 g/mol. The summed E-state index contributed by atoms with van der Waals surface area (Å²) in [6, 6.07) is 4.96. The van der Waals surface area contributed by atoms with Crippen molar-refractivity contribution in [3.63, 3.8) is 0 Å². The predicted octanol–water partition coefficient (Wildman–Crippen LogP) is 1.85. The number of rotatable bonds is 2. The maximum Gasteiger partial charge on any atom is 0.255 e. The summed E-state index contributed by atoms with van der Waals surface area (Å²) in [7, 11) is 0. The lowest BCUT2D eigenvalue weighted by molar-refractivity contribution is 0.465. The lowest BCUT2D eigenvalue weighted by atomic mass is 10.4. The number of halogens is 1. The first-order valence-corrected chi connectivity index (χ1v) is 4.80. The molecule has 0 bridgehead atoms. The summed E-state index contributed by atoms with van der Waals surface area (Å²) in [6.07, 6.45) is 1.41. The molecule has 0 aromatic carbocycles. The van der Waals surface area contributed by atoms with Crippen LogP contribution in [0, 0.1) is 6.92 Å². The van der Waals surface area contributed by atoms with Crippen LogP contribution in [-0.4, -0.2) is 9.55 Å². The smallest absolute Gasteiger partial charge is 0.255 e. The van der Waals surface area contributed by atoms with Crippen molar-refractivity contribution >= 4 is 11.6 Å². The number of aromatic nitrogens is 2. The minimum Gasteiger partial charge on any atom is -0.464 e. The highest BCUT2D eigenvalue weighted by Gasteiger charge is 2.02. The molecule has 5 heteroatoms. The summed E-state index contributed by atoms with van der Waals surface area (Å²) >= 11 is 5.58. The lowest BCUT2D eigenvalue weighted by Crippen LogP contribution is -2.19. The maximum absolute atomic E-state index is 11.4. The van der Waals surface area contributed by atoms with Crippen LogP contribution in [-0.2, 0) is 6.54 Å². The van der Waals surface area contributed by atoms with Crippen LogP contribution >= 0.6 is 11.6 Å². The molecule has 2 aromatic heterocycles. The van der Waals surface area contributed by atoms with Gasteiger partial charge < -0.3 is 4.42 Å². The summed E-state index contributed by atoms with van der Waals surface area (Å²) in [5.74, 6) is 1.54. The number of furan rings is 1. The Kier molecular flexibility index (Phi) is 2.60. The SMILES string of the molecule is Cc1ccc(Cn2cnc(Cl)cc2=O)o1. The van der Waals surface area contributed by atoms with Crippen LogP contribution in [0.5, 0.6) is 0 Å². The fourth-order valence-electron chi connectivity index (χ4n) is 1.26. The van der Waals surface area contributed by atoms with Crippen LogP contribution in [0.15, 0.2) is 33.7 Å². The minimum absolute atomic E-state index is 0.191. The van der Waals surface area contributed by atoms with Crippen molar-refractivity contribution in [2.24, 2.45) is 0 Å². The molecule has 0 saturated heterocycles. The number of hydrogen-bond donors (Lipinski definition) is 0. The van der Waals surface area contributed by atoms with Crippen LogP contribution in [0.4, 0.5) is 0 Å². The van der Waals surface area contributed by atoms with Crippen LogP contribution in [0.1, 0.15) is 11.5 Å². The molecule has 0 unspecified atom stereocenters. The molecule has 0 aliphatic rings. The molecule has 0 atom stereocenters. The second-order valence-corrected chi connectivity index (χ2v) is 3.58. The van der Waals surface area contributed by atoms with E-state index in [2.05, 4.69) is 4.98 Å². The average Bonchev–Trinajstić information content (AvgIpc) is 2.56. The van der Waals surface area contributed by atoms with Gasteiger partial charge in [-0.05, 0) is 19.1 Å². The fourth-order valence-corrected chi connectivity index (χ4v) is 1.40. The molecule has 0 spiro atoms. The third kappa shape index (κ3) is 2.27. The molecule has 2 heterocycles. The molecule has 0 aliphatic carbocycles. The number of hydrogen-bond acceptors (Lipinski definition) is 3. The van der Waals surface area contributed by atoms with Gasteiger partial charge in [-0.15, -0.1) is 0 Å². The van der Waals surface area contributed by atoms with Gasteiger partial charge in [0.1, 0.15) is 16.7 Å². The van der Waals surface area contributed by atoms with Crippen LogP contribution in [0.3, 0.4) is 0 Å². The molecule has 15 heavy (non-hydrogen) atoms. The number of aryl methyl sites for hydroxylation is 1. The van der Waals surface area contributed by atoms with Gasteiger partial charge in [-0.3, -0.25) is 9.36 Å². The molecule has 0 amide bonds. The van der Waals surface area contributed by atoms with E-state index >= 15 is 0 Å². The Balaban J connectivity index is 2.28. The Morgan fingerprint density at radius 2 is 2.33 bits per heavy atom. The summed E-state index contributed by atoms with van der Waals surface area (Å²) in [5, 5.41) is 0.201. The molecule has 78 valence electrons. The molecule has 0 N–H and O–H groups in total. The second kappa shape index (κ2) is 3.90. The van der Waals surface area contributed by atoms with Crippen molar-refractivity contribution in [2.45, 2.75) is 13.5 Å². The molecular weight excluding hydrogens is 216 g/mol. The predicted molar refractivity (Wildman–Crippen MR) is 56.1 cm³/mol. The fraction of sp³-hybridized carbons (Fsp3) is 0.200. The van der Waals surface area contributed by atoms with Crippen molar-refractivity contribution in [1.29, 1.82) is 0 Å². The molecule has 0 radical (unpaired) electrons. The van der Waals surface area contributed by atoms with Gasteiger partial charge in [-0.1, -0.05) is 11.6 Å². The quantitative estimate of drug-likeness (QED) is 0.732. The highest BCUT2D eigenvalue weighted by molar-refractivity contribution is 6.29. The first kappa shape index (κ1) is 9.98. The Morgan fingerprint density at radius 3 is 2.93 bits per heavy atom. The zero-order valence-corrected chi connectivity index (χ0v) is 8.86. The molecule has 0 aliphatic heterocycles.